The number of rotatable bonds is 6. The highest BCUT2D eigenvalue weighted by molar-refractivity contribution is 7.89. The largest absolute Gasteiger partial charge is 0.396 e. The smallest absolute Gasteiger partial charge is 0.241 e. The van der Waals surface area contributed by atoms with Crippen LogP contribution in [0.1, 0.15) is 24.4 Å². The molecule has 7 heteroatoms. The Hall–Kier alpha value is -1.70. The van der Waals surface area contributed by atoms with Crippen LogP contribution in [0.3, 0.4) is 0 Å². The summed E-state index contributed by atoms with van der Waals surface area (Å²) in [4.78, 5) is 7.09. The van der Waals surface area contributed by atoms with E-state index in [2.05, 4.69) is 14.7 Å². The number of sulfonamides is 1. The van der Waals surface area contributed by atoms with Gasteiger partial charge in [-0.2, -0.15) is 0 Å². The van der Waals surface area contributed by atoms with E-state index in [4.69, 9.17) is 5.11 Å². The molecule has 0 bridgehead atoms. The van der Waals surface area contributed by atoms with Crippen LogP contribution in [0.15, 0.2) is 41.6 Å². The number of aromatic nitrogens is 2. The molecular formula is C13H17N3O3S. The first-order valence-electron chi connectivity index (χ1n) is 6.24. The summed E-state index contributed by atoms with van der Waals surface area (Å²) in [6.45, 7) is 1.76. The topological polar surface area (TPSA) is 95.1 Å². The Labute approximate surface area is 117 Å². The van der Waals surface area contributed by atoms with Gasteiger partial charge in [-0.05, 0) is 31.0 Å². The molecule has 0 fully saturated rings. The molecular weight excluding hydrogens is 278 g/mol. The van der Waals surface area contributed by atoms with Gasteiger partial charge in [0.2, 0.25) is 10.0 Å². The second-order valence-electron chi connectivity index (χ2n) is 4.43. The maximum atomic E-state index is 12.2. The molecule has 0 aliphatic heterocycles. The van der Waals surface area contributed by atoms with Gasteiger partial charge < -0.3 is 10.1 Å². The van der Waals surface area contributed by atoms with Crippen molar-refractivity contribution in [3.8, 4) is 0 Å². The number of hydrogen-bond donors (Lipinski definition) is 3. The Kier molecular flexibility index (Phi) is 4.53. The monoisotopic (exact) mass is 295 g/mol. The van der Waals surface area contributed by atoms with Crippen molar-refractivity contribution in [2.45, 2.75) is 24.3 Å². The molecule has 0 aliphatic carbocycles. The second-order valence-corrected chi connectivity index (χ2v) is 6.15. The molecule has 1 heterocycles. The van der Waals surface area contributed by atoms with Crippen molar-refractivity contribution < 1.29 is 13.5 Å². The SMILES string of the molecule is CC(NS(=O)(=O)c1ccc(CCO)cc1)c1ncc[nH]1. The van der Waals surface area contributed by atoms with E-state index in [1.54, 1.807) is 31.5 Å². The summed E-state index contributed by atoms with van der Waals surface area (Å²) in [7, 11) is -3.59. The Morgan fingerprint density at radius 1 is 1.35 bits per heavy atom. The van der Waals surface area contributed by atoms with E-state index in [1.165, 1.54) is 12.1 Å². The van der Waals surface area contributed by atoms with Gasteiger partial charge in [0.25, 0.3) is 0 Å². The van der Waals surface area contributed by atoms with Gasteiger partial charge in [-0.25, -0.2) is 18.1 Å². The van der Waals surface area contributed by atoms with Crippen LogP contribution >= 0.6 is 0 Å². The third kappa shape index (κ3) is 3.44. The van der Waals surface area contributed by atoms with Crippen LogP contribution in [0.2, 0.25) is 0 Å². The number of imidazole rings is 1. The lowest BCUT2D eigenvalue weighted by Crippen LogP contribution is -2.27. The summed E-state index contributed by atoms with van der Waals surface area (Å²) in [5.74, 6) is 0.561. The summed E-state index contributed by atoms with van der Waals surface area (Å²) < 4.78 is 27.0. The Morgan fingerprint density at radius 2 is 2.05 bits per heavy atom. The van der Waals surface area contributed by atoms with Crippen molar-refractivity contribution in [3.05, 3.63) is 48.0 Å². The quantitative estimate of drug-likeness (QED) is 0.740. The first-order valence-corrected chi connectivity index (χ1v) is 7.72. The van der Waals surface area contributed by atoms with Gasteiger partial charge in [0.15, 0.2) is 0 Å². The van der Waals surface area contributed by atoms with Crippen molar-refractivity contribution in [1.82, 2.24) is 14.7 Å². The predicted molar refractivity (Wildman–Crippen MR) is 74.6 cm³/mol. The van der Waals surface area contributed by atoms with Crippen LogP contribution in [0.25, 0.3) is 0 Å². The number of nitrogens with one attached hydrogen (secondary N) is 2. The fourth-order valence-corrected chi connectivity index (χ4v) is 3.04. The standard InChI is InChI=1S/C13H17N3O3S/c1-10(13-14-7-8-15-13)16-20(18,19)12-4-2-11(3-5-12)6-9-17/h2-5,7-8,10,16-17H,6,9H2,1H3,(H,14,15). The van der Waals surface area contributed by atoms with Crippen molar-refractivity contribution in [2.24, 2.45) is 0 Å². The van der Waals surface area contributed by atoms with Gasteiger partial charge in [0.05, 0.1) is 10.9 Å². The summed E-state index contributed by atoms with van der Waals surface area (Å²) in [5, 5.41) is 8.83. The highest BCUT2D eigenvalue weighted by Crippen LogP contribution is 2.15. The Bertz CT molecular complexity index is 636. The molecule has 1 aromatic carbocycles. The van der Waals surface area contributed by atoms with Crippen LogP contribution in [0.5, 0.6) is 0 Å². The van der Waals surface area contributed by atoms with Gasteiger partial charge in [-0.1, -0.05) is 12.1 Å². The third-order valence-corrected chi connectivity index (χ3v) is 4.45. The number of aliphatic hydroxyl groups excluding tert-OH is 1. The molecule has 0 aliphatic rings. The lowest BCUT2D eigenvalue weighted by atomic mass is 10.2. The van der Waals surface area contributed by atoms with Crippen LogP contribution in [-0.4, -0.2) is 30.1 Å². The van der Waals surface area contributed by atoms with Gasteiger partial charge >= 0.3 is 0 Å². The zero-order valence-electron chi connectivity index (χ0n) is 11.1. The van der Waals surface area contributed by atoms with Gasteiger partial charge in [-0.3, -0.25) is 0 Å². The molecule has 1 unspecified atom stereocenters. The minimum absolute atomic E-state index is 0.0415. The number of nitrogens with zero attached hydrogens (tertiary/aromatic N) is 1. The molecule has 0 amide bonds. The lowest BCUT2D eigenvalue weighted by Gasteiger charge is -2.12. The molecule has 0 saturated heterocycles. The average molecular weight is 295 g/mol. The highest BCUT2D eigenvalue weighted by Gasteiger charge is 2.19. The first kappa shape index (κ1) is 14.7. The molecule has 0 spiro atoms. The maximum absolute atomic E-state index is 12.2. The zero-order valence-corrected chi connectivity index (χ0v) is 11.9. The fraction of sp³-hybridized carbons (Fsp3) is 0.308. The van der Waals surface area contributed by atoms with Gasteiger partial charge in [0.1, 0.15) is 5.82 Å². The molecule has 1 atom stereocenters. The fourth-order valence-electron chi connectivity index (χ4n) is 1.84. The number of hydrogen-bond acceptors (Lipinski definition) is 4. The highest BCUT2D eigenvalue weighted by atomic mass is 32.2. The predicted octanol–water partition coefficient (Wildman–Crippen LogP) is 0.984. The summed E-state index contributed by atoms with van der Waals surface area (Å²) in [6.07, 6.45) is 3.73. The Morgan fingerprint density at radius 3 is 2.60 bits per heavy atom. The minimum Gasteiger partial charge on any atom is -0.396 e. The average Bonchev–Trinajstić information content (AvgIpc) is 2.93. The van der Waals surface area contributed by atoms with E-state index in [9.17, 15) is 8.42 Å². The molecule has 1 aromatic heterocycles. The van der Waals surface area contributed by atoms with E-state index in [0.717, 1.165) is 5.56 Å². The van der Waals surface area contributed by atoms with Crippen molar-refractivity contribution >= 4 is 10.0 Å². The summed E-state index contributed by atoms with van der Waals surface area (Å²) in [5.41, 5.74) is 0.894. The number of benzene rings is 1. The zero-order chi connectivity index (χ0) is 14.6. The molecule has 0 saturated carbocycles. The minimum atomic E-state index is -3.59. The number of aromatic amines is 1. The molecule has 3 N–H and O–H groups in total. The Balaban J connectivity index is 2.13. The maximum Gasteiger partial charge on any atom is 0.241 e. The van der Waals surface area contributed by atoms with E-state index in [-0.39, 0.29) is 11.5 Å². The normalized spacial score (nSPS) is 13.3. The number of aliphatic hydroxyl groups is 1. The van der Waals surface area contributed by atoms with Crippen molar-refractivity contribution in [3.63, 3.8) is 0 Å². The van der Waals surface area contributed by atoms with Gasteiger partial charge in [0, 0.05) is 19.0 Å². The summed E-state index contributed by atoms with van der Waals surface area (Å²) >= 11 is 0. The molecule has 0 radical (unpaired) electrons. The molecule has 6 nitrogen and oxygen atoms in total. The molecule has 108 valence electrons. The first-order chi connectivity index (χ1) is 9.53. The van der Waals surface area contributed by atoms with Crippen molar-refractivity contribution in [1.29, 1.82) is 0 Å². The van der Waals surface area contributed by atoms with Crippen LogP contribution in [0.4, 0.5) is 0 Å². The van der Waals surface area contributed by atoms with Crippen LogP contribution in [0, 0.1) is 0 Å². The van der Waals surface area contributed by atoms with E-state index in [1.807, 2.05) is 0 Å². The molecule has 2 rings (SSSR count). The van der Waals surface area contributed by atoms with Crippen LogP contribution in [-0.2, 0) is 16.4 Å². The van der Waals surface area contributed by atoms with E-state index < -0.39 is 16.1 Å². The second kappa shape index (κ2) is 6.17. The number of H-pyrrole nitrogens is 1. The summed E-state index contributed by atoms with van der Waals surface area (Å²) in [6, 6.07) is 6.02. The lowest BCUT2D eigenvalue weighted by molar-refractivity contribution is 0.299. The third-order valence-electron chi connectivity index (χ3n) is 2.90. The van der Waals surface area contributed by atoms with E-state index >= 15 is 0 Å². The van der Waals surface area contributed by atoms with Gasteiger partial charge in [-0.15, -0.1) is 0 Å². The van der Waals surface area contributed by atoms with Crippen molar-refractivity contribution in [2.75, 3.05) is 6.61 Å². The van der Waals surface area contributed by atoms with Crippen LogP contribution < -0.4 is 4.72 Å². The molecule has 2 aromatic rings. The molecule has 20 heavy (non-hydrogen) atoms. The van der Waals surface area contributed by atoms with E-state index in [0.29, 0.717) is 12.2 Å².